The molecular formula is C19H26N4O. The van der Waals surface area contributed by atoms with E-state index in [9.17, 15) is 4.79 Å². The SMILES string of the molecule is CCCN1CCC(NC(=O)[C@@H](c2ccccc2)n2cccn2)CC1. The molecule has 1 aliphatic heterocycles. The van der Waals surface area contributed by atoms with Crippen molar-refractivity contribution in [3.05, 3.63) is 54.4 Å². The van der Waals surface area contributed by atoms with Gasteiger partial charge >= 0.3 is 0 Å². The molecule has 1 aliphatic rings. The van der Waals surface area contributed by atoms with Gasteiger partial charge in [0.15, 0.2) is 6.04 Å². The first-order valence-corrected chi connectivity index (χ1v) is 8.84. The van der Waals surface area contributed by atoms with E-state index in [4.69, 9.17) is 0 Å². The Morgan fingerprint density at radius 3 is 2.62 bits per heavy atom. The van der Waals surface area contributed by atoms with Crippen LogP contribution in [0.4, 0.5) is 0 Å². The fraction of sp³-hybridized carbons (Fsp3) is 0.474. The quantitative estimate of drug-likeness (QED) is 0.887. The predicted octanol–water partition coefficient (Wildman–Crippen LogP) is 2.46. The molecule has 3 rings (SSSR count). The Balaban J connectivity index is 1.67. The zero-order valence-electron chi connectivity index (χ0n) is 14.3. The third kappa shape index (κ3) is 4.03. The first-order valence-electron chi connectivity index (χ1n) is 8.84. The van der Waals surface area contributed by atoms with Crippen molar-refractivity contribution < 1.29 is 4.79 Å². The number of benzene rings is 1. The monoisotopic (exact) mass is 326 g/mol. The molecule has 5 heteroatoms. The van der Waals surface area contributed by atoms with Gasteiger partial charge in [0.25, 0.3) is 0 Å². The number of rotatable bonds is 6. The minimum absolute atomic E-state index is 0.0267. The highest BCUT2D eigenvalue weighted by Crippen LogP contribution is 2.19. The lowest BCUT2D eigenvalue weighted by atomic mass is 10.0. The lowest BCUT2D eigenvalue weighted by Gasteiger charge is -2.33. The molecule has 0 bridgehead atoms. The fourth-order valence-electron chi connectivity index (χ4n) is 3.39. The van der Waals surface area contributed by atoms with Gasteiger partial charge in [-0.2, -0.15) is 5.10 Å². The Labute approximate surface area is 143 Å². The zero-order valence-corrected chi connectivity index (χ0v) is 14.3. The number of nitrogens with zero attached hydrogens (tertiary/aromatic N) is 3. The number of amides is 1. The normalized spacial score (nSPS) is 17.5. The van der Waals surface area contributed by atoms with Crippen molar-refractivity contribution in [2.75, 3.05) is 19.6 Å². The van der Waals surface area contributed by atoms with Crippen molar-refractivity contribution in [2.24, 2.45) is 0 Å². The van der Waals surface area contributed by atoms with Crippen LogP contribution in [0.5, 0.6) is 0 Å². The van der Waals surface area contributed by atoms with Gasteiger partial charge < -0.3 is 10.2 Å². The molecular weight excluding hydrogens is 300 g/mol. The van der Waals surface area contributed by atoms with Crippen LogP contribution in [-0.4, -0.2) is 46.3 Å². The third-order valence-electron chi connectivity index (χ3n) is 4.63. The summed E-state index contributed by atoms with van der Waals surface area (Å²) >= 11 is 0. The maximum Gasteiger partial charge on any atom is 0.249 e. The first-order chi connectivity index (χ1) is 11.8. The maximum atomic E-state index is 12.9. The second kappa shape index (κ2) is 8.11. The minimum atomic E-state index is -0.408. The molecule has 2 heterocycles. The van der Waals surface area contributed by atoms with Crippen LogP contribution in [0.1, 0.15) is 37.8 Å². The first kappa shape index (κ1) is 16.7. The molecule has 5 nitrogen and oxygen atoms in total. The molecule has 1 aromatic carbocycles. The van der Waals surface area contributed by atoms with Gasteiger partial charge in [0.05, 0.1) is 0 Å². The Morgan fingerprint density at radius 2 is 2.00 bits per heavy atom. The predicted molar refractivity (Wildman–Crippen MR) is 94.7 cm³/mol. The van der Waals surface area contributed by atoms with Crippen molar-refractivity contribution >= 4 is 5.91 Å². The largest absolute Gasteiger partial charge is 0.351 e. The van der Waals surface area contributed by atoms with E-state index in [-0.39, 0.29) is 11.9 Å². The van der Waals surface area contributed by atoms with Gasteiger partial charge in [-0.15, -0.1) is 0 Å². The summed E-state index contributed by atoms with van der Waals surface area (Å²) in [4.78, 5) is 15.4. The molecule has 24 heavy (non-hydrogen) atoms. The average Bonchev–Trinajstić information content (AvgIpc) is 3.12. The Morgan fingerprint density at radius 1 is 1.25 bits per heavy atom. The Kier molecular flexibility index (Phi) is 5.64. The molecule has 1 N–H and O–H groups in total. The number of hydrogen-bond donors (Lipinski definition) is 1. The summed E-state index contributed by atoms with van der Waals surface area (Å²) in [6.07, 6.45) is 6.79. The van der Waals surface area contributed by atoms with Crippen LogP contribution in [0, 0.1) is 0 Å². The lowest BCUT2D eigenvalue weighted by Crippen LogP contribution is -2.47. The standard InChI is InChI=1S/C19H26N4O/c1-2-12-22-14-9-17(10-15-22)21-19(24)18(23-13-6-11-20-23)16-7-4-3-5-8-16/h3-8,11,13,17-18H,2,9-10,12,14-15H2,1H3,(H,21,24)/t18-/m1/s1. The number of carbonyl (C=O) groups excluding carboxylic acids is 1. The summed E-state index contributed by atoms with van der Waals surface area (Å²) in [7, 11) is 0. The van der Waals surface area contributed by atoms with Gasteiger partial charge in [-0.3, -0.25) is 9.48 Å². The molecule has 2 aromatic rings. The summed E-state index contributed by atoms with van der Waals surface area (Å²) in [5, 5.41) is 7.53. The second-order valence-corrected chi connectivity index (χ2v) is 6.42. The van der Waals surface area contributed by atoms with E-state index < -0.39 is 6.04 Å². The van der Waals surface area contributed by atoms with Crippen LogP contribution in [0.3, 0.4) is 0 Å². The van der Waals surface area contributed by atoms with Crippen molar-refractivity contribution in [1.29, 1.82) is 0 Å². The molecule has 0 spiro atoms. The van der Waals surface area contributed by atoms with E-state index in [1.165, 1.54) is 6.42 Å². The average molecular weight is 326 g/mol. The van der Waals surface area contributed by atoms with Gasteiger partial charge in [-0.05, 0) is 37.4 Å². The number of carbonyl (C=O) groups is 1. The number of hydrogen-bond acceptors (Lipinski definition) is 3. The molecule has 1 fully saturated rings. The van der Waals surface area contributed by atoms with Crippen LogP contribution >= 0.6 is 0 Å². The fourth-order valence-corrected chi connectivity index (χ4v) is 3.39. The smallest absolute Gasteiger partial charge is 0.249 e. The molecule has 0 saturated carbocycles. The highest BCUT2D eigenvalue weighted by Gasteiger charge is 2.27. The Bertz CT molecular complexity index is 618. The van der Waals surface area contributed by atoms with Crippen LogP contribution in [-0.2, 0) is 4.79 Å². The van der Waals surface area contributed by atoms with Gasteiger partial charge in [-0.25, -0.2) is 0 Å². The van der Waals surface area contributed by atoms with E-state index in [2.05, 4.69) is 22.2 Å². The zero-order chi connectivity index (χ0) is 16.8. The van der Waals surface area contributed by atoms with Gasteiger partial charge in [0, 0.05) is 31.5 Å². The molecule has 1 amide bonds. The van der Waals surface area contributed by atoms with Crippen molar-refractivity contribution in [2.45, 2.75) is 38.3 Å². The van der Waals surface area contributed by atoms with Crippen LogP contribution < -0.4 is 5.32 Å². The highest BCUT2D eigenvalue weighted by atomic mass is 16.2. The Hall–Kier alpha value is -2.14. The van der Waals surface area contributed by atoms with E-state index in [0.29, 0.717) is 0 Å². The molecule has 0 radical (unpaired) electrons. The summed E-state index contributed by atoms with van der Waals surface area (Å²) in [5.74, 6) is 0.0267. The molecule has 0 unspecified atom stereocenters. The minimum Gasteiger partial charge on any atom is -0.351 e. The van der Waals surface area contributed by atoms with E-state index in [1.54, 1.807) is 10.9 Å². The van der Waals surface area contributed by atoms with Crippen molar-refractivity contribution in [3.8, 4) is 0 Å². The summed E-state index contributed by atoms with van der Waals surface area (Å²) in [5.41, 5.74) is 0.960. The molecule has 1 saturated heterocycles. The van der Waals surface area contributed by atoms with Crippen LogP contribution in [0.15, 0.2) is 48.8 Å². The summed E-state index contributed by atoms with van der Waals surface area (Å²) in [6, 6.07) is 11.6. The molecule has 1 atom stereocenters. The summed E-state index contributed by atoms with van der Waals surface area (Å²) < 4.78 is 1.73. The number of aromatic nitrogens is 2. The van der Waals surface area contributed by atoms with Gasteiger partial charge in [0.2, 0.25) is 5.91 Å². The number of nitrogens with one attached hydrogen (secondary N) is 1. The van der Waals surface area contributed by atoms with Crippen molar-refractivity contribution in [3.63, 3.8) is 0 Å². The van der Waals surface area contributed by atoms with Gasteiger partial charge in [-0.1, -0.05) is 37.3 Å². The van der Waals surface area contributed by atoms with E-state index in [0.717, 1.165) is 38.0 Å². The van der Waals surface area contributed by atoms with Gasteiger partial charge in [0.1, 0.15) is 0 Å². The second-order valence-electron chi connectivity index (χ2n) is 6.42. The maximum absolute atomic E-state index is 12.9. The van der Waals surface area contributed by atoms with E-state index in [1.807, 2.05) is 42.6 Å². The number of piperidine rings is 1. The summed E-state index contributed by atoms with van der Waals surface area (Å²) in [6.45, 7) is 5.50. The molecule has 128 valence electrons. The molecule has 1 aromatic heterocycles. The number of likely N-dealkylation sites (tertiary alicyclic amines) is 1. The third-order valence-corrected chi connectivity index (χ3v) is 4.63. The van der Waals surface area contributed by atoms with E-state index >= 15 is 0 Å². The van der Waals surface area contributed by atoms with Crippen LogP contribution in [0.2, 0.25) is 0 Å². The van der Waals surface area contributed by atoms with Crippen LogP contribution in [0.25, 0.3) is 0 Å². The highest BCUT2D eigenvalue weighted by molar-refractivity contribution is 5.83. The molecule has 0 aliphatic carbocycles. The lowest BCUT2D eigenvalue weighted by molar-refractivity contribution is -0.124. The van der Waals surface area contributed by atoms with Crippen molar-refractivity contribution in [1.82, 2.24) is 20.0 Å². The topological polar surface area (TPSA) is 50.2 Å².